The van der Waals surface area contributed by atoms with Crippen molar-refractivity contribution in [2.24, 2.45) is 0 Å². The number of rotatable bonds is 1. The van der Waals surface area contributed by atoms with Gasteiger partial charge in [-0.05, 0) is 30.2 Å². The minimum atomic E-state index is -0.365. The van der Waals surface area contributed by atoms with Crippen LogP contribution in [0.2, 0.25) is 5.02 Å². The molecule has 0 aromatic heterocycles. The van der Waals surface area contributed by atoms with Gasteiger partial charge >= 0.3 is 0 Å². The van der Waals surface area contributed by atoms with Gasteiger partial charge in [-0.15, -0.1) is 0 Å². The predicted molar refractivity (Wildman–Crippen MR) is 42.1 cm³/mol. The first kappa shape index (κ1) is 8.50. The van der Waals surface area contributed by atoms with Crippen LogP contribution in [0.1, 0.15) is 11.1 Å². The van der Waals surface area contributed by atoms with Gasteiger partial charge in [-0.1, -0.05) is 11.6 Å². The molecule has 0 heterocycles. The molecule has 1 aromatic carbocycles. The number of aliphatic hydroxyl groups is 1. The Labute approximate surface area is 69.4 Å². The molecule has 0 aliphatic rings. The topological polar surface area (TPSA) is 20.2 Å². The summed E-state index contributed by atoms with van der Waals surface area (Å²) in [5, 5.41) is 9.15. The Bertz CT molecular complexity index is 273. The maximum Gasteiger partial charge on any atom is 0.123 e. The molecule has 11 heavy (non-hydrogen) atoms. The van der Waals surface area contributed by atoms with Crippen LogP contribution >= 0.6 is 11.6 Å². The molecule has 0 unspecified atom stereocenters. The van der Waals surface area contributed by atoms with E-state index in [9.17, 15) is 4.39 Å². The van der Waals surface area contributed by atoms with Crippen LogP contribution in [0, 0.1) is 12.7 Å². The van der Waals surface area contributed by atoms with Gasteiger partial charge < -0.3 is 5.11 Å². The molecule has 0 saturated heterocycles. The highest BCUT2D eigenvalue weighted by Gasteiger charge is 2.04. The van der Waals surface area contributed by atoms with Crippen molar-refractivity contribution in [2.45, 2.75) is 13.5 Å². The first-order valence-electron chi connectivity index (χ1n) is 3.20. The molecule has 0 radical (unpaired) electrons. The molecule has 0 saturated carbocycles. The highest BCUT2D eigenvalue weighted by molar-refractivity contribution is 6.32. The first-order valence-corrected chi connectivity index (χ1v) is 3.58. The molecule has 0 spiro atoms. The molecule has 0 bridgehead atoms. The SMILES string of the molecule is Cc1cc(F)cc(CO)c1Cl. The summed E-state index contributed by atoms with van der Waals surface area (Å²) in [6, 6.07) is 2.57. The fourth-order valence-electron chi connectivity index (χ4n) is 0.910. The lowest BCUT2D eigenvalue weighted by atomic mass is 10.1. The molecule has 1 aromatic rings. The summed E-state index contributed by atoms with van der Waals surface area (Å²) in [4.78, 5) is 0. The van der Waals surface area contributed by atoms with Gasteiger partial charge in [0.25, 0.3) is 0 Å². The van der Waals surface area contributed by atoms with Crippen molar-refractivity contribution in [1.29, 1.82) is 0 Å². The second kappa shape index (κ2) is 3.20. The van der Waals surface area contributed by atoms with Gasteiger partial charge in [-0.3, -0.25) is 0 Å². The summed E-state index contributed by atoms with van der Waals surface area (Å²) in [7, 11) is 0. The van der Waals surface area contributed by atoms with Crippen molar-refractivity contribution in [3.8, 4) is 0 Å². The van der Waals surface area contributed by atoms with Crippen LogP contribution in [0.4, 0.5) is 4.39 Å². The molecule has 0 atom stereocenters. The summed E-state index contributed by atoms with van der Waals surface area (Å²) in [6.07, 6.45) is 0. The van der Waals surface area contributed by atoms with Crippen molar-refractivity contribution in [2.75, 3.05) is 0 Å². The van der Waals surface area contributed by atoms with E-state index in [1.165, 1.54) is 12.1 Å². The van der Waals surface area contributed by atoms with E-state index < -0.39 is 0 Å². The Kier molecular flexibility index (Phi) is 2.47. The van der Waals surface area contributed by atoms with Gasteiger partial charge in [0, 0.05) is 5.02 Å². The quantitative estimate of drug-likeness (QED) is 0.693. The Morgan fingerprint density at radius 3 is 2.73 bits per heavy atom. The third kappa shape index (κ3) is 1.70. The van der Waals surface area contributed by atoms with Crippen molar-refractivity contribution in [1.82, 2.24) is 0 Å². The Morgan fingerprint density at radius 2 is 2.18 bits per heavy atom. The monoisotopic (exact) mass is 174 g/mol. The highest BCUT2D eigenvalue weighted by Crippen LogP contribution is 2.21. The summed E-state index contributed by atoms with van der Waals surface area (Å²) in [6.45, 7) is 1.47. The molecule has 0 aliphatic carbocycles. The molecule has 1 N–H and O–H groups in total. The number of aryl methyl sites for hydroxylation is 1. The minimum Gasteiger partial charge on any atom is -0.392 e. The molecule has 1 rings (SSSR count). The average Bonchev–Trinajstić information content (AvgIpc) is 1.96. The van der Waals surface area contributed by atoms with Gasteiger partial charge in [-0.25, -0.2) is 4.39 Å². The smallest absolute Gasteiger partial charge is 0.123 e. The highest BCUT2D eigenvalue weighted by atomic mass is 35.5. The van der Waals surface area contributed by atoms with Crippen molar-refractivity contribution < 1.29 is 9.50 Å². The van der Waals surface area contributed by atoms with Crippen LogP contribution in [-0.2, 0) is 6.61 Å². The van der Waals surface area contributed by atoms with Crippen LogP contribution in [0.15, 0.2) is 12.1 Å². The minimum absolute atomic E-state index is 0.225. The summed E-state index contributed by atoms with van der Waals surface area (Å²) in [5.41, 5.74) is 1.08. The van der Waals surface area contributed by atoms with Gasteiger partial charge in [0.1, 0.15) is 5.82 Å². The second-order valence-electron chi connectivity index (χ2n) is 2.35. The van der Waals surface area contributed by atoms with E-state index in [0.29, 0.717) is 16.1 Å². The number of halogens is 2. The van der Waals surface area contributed by atoms with E-state index in [0.717, 1.165) is 0 Å². The molecule has 0 amide bonds. The van der Waals surface area contributed by atoms with Crippen LogP contribution < -0.4 is 0 Å². The zero-order chi connectivity index (χ0) is 8.43. The molecule has 3 heteroatoms. The number of hydrogen-bond donors (Lipinski definition) is 1. The molecular weight excluding hydrogens is 167 g/mol. The van der Waals surface area contributed by atoms with E-state index in [-0.39, 0.29) is 12.4 Å². The summed E-state index contributed by atoms with van der Waals surface area (Å²) in [5.74, 6) is -0.365. The van der Waals surface area contributed by atoms with Crippen LogP contribution in [-0.4, -0.2) is 5.11 Å². The molecular formula is C8H8ClFO. The van der Waals surface area contributed by atoms with E-state index >= 15 is 0 Å². The normalized spacial score (nSPS) is 10.2. The second-order valence-corrected chi connectivity index (χ2v) is 2.73. The fraction of sp³-hybridized carbons (Fsp3) is 0.250. The Hall–Kier alpha value is -0.600. The van der Waals surface area contributed by atoms with E-state index in [2.05, 4.69) is 0 Å². The van der Waals surface area contributed by atoms with Gasteiger partial charge in [-0.2, -0.15) is 0 Å². The zero-order valence-electron chi connectivity index (χ0n) is 6.06. The third-order valence-electron chi connectivity index (χ3n) is 1.46. The summed E-state index contributed by atoms with van der Waals surface area (Å²) >= 11 is 5.74. The van der Waals surface area contributed by atoms with Crippen LogP contribution in [0.5, 0.6) is 0 Å². The van der Waals surface area contributed by atoms with Crippen LogP contribution in [0.3, 0.4) is 0 Å². The zero-order valence-corrected chi connectivity index (χ0v) is 6.82. The number of aliphatic hydroxyl groups excluding tert-OH is 1. The maximum absolute atomic E-state index is 12.6. The lowest BCUT2D eigenvalue weighted by Gasteiger charge is -2.03. The van der Waals surface area contributed by atoms with E-state index in [1.807, 2.05) is 0 Å². The summed E-state index contributed by atoms with van der Waals surface area (Å²) < 4.78 is 12.6. The van der Waals surface area contributed by atoms with Crippen LogP contribution in [0.25, 0.3) is 0 Å². The van der Waals surface area contributed by atoms with Gasteiger partial charge in [0.2, 0.25) is 0 Å². The lowest BCUT2D eigenvalue weighted by Crippen LogP contribution is -1.89. The number of hydrogen-bond acceptors (Lipinski definition) is 1. The Morgan fingerprint density at radius 1 is 1.55 bits per heavy atom. The maximum atomic E-state index is 12.6. The fourth-order valence-corrected chi connectivity index (χ4v) is 1.08. The standard InChI is InChI=1S/C8H8ClFO/c1-5-2-7(10)3-6(4-11)8(5)9/h2-3,11H,4H2,1H3. The van der Waals surface area contributed by atoms with Crippen molar-refractivity contribution >= 4 is 11.6 Å². The van der Waals surface area contributed by atoms with Gasteiger partial charge in [0.15, 0.2) is 0 Å². The molecule has 60 valence electrons. The van der Waals surface area contributed by atoms with Crippen molar-refractivity contribution in [3.63, 3.8) is 0 Å². The average molecular weight is 175 g/mol. The molecule has 1 nitrogen and oxygen atoms in total. The Balaban J connectivity index is 3.24. The van der Waals surface area contributed by atoms with E-state index in [1.54, 1.807) is 6.92 Å². The third-order valence-corrected chi connectivity index (χ3v) is 2.01. The molecule has 0 fully saturated rings. The van der Waals surface area contributed by atoms with Crippen molar-refractivity contribution in [3.05, 3.63) is 34.1 Å². The van der Waals surface area contributed by atoms with Gasteiger partial charge in [0.05, 0.1) is 6.61 Å². The first-order chi connectivity index (χ1) is 5.15. The molecule has 0 aliphatic heterocycles. The largest absolute Gasteiger partial charge is 0.392 e. The van der Waals surface area contributed by atoms with E-state index in [4.69, 9.17) is 16.7 Å². The number of benzene rings is 1. The predicted octanol–water partition coefficient (Wildman–Crippen LogP) is 2.28. The lowest BCUT2D eigenvalue weighted by molar-refractivity contribution is 0.281.